The molecule has 8 heteroatoms. The van der Waals surface area contributed by atoms with Crippen LogP contribution in [0.15, 0.2) is 83.8 Å². The molecule has 172 valence electrons. The smallest absolute Gasteiger partial charge is 0.264 e. The van der Waals surface area contributed by atoms with Crippen molar-refractivity contribution in [2.45, 2.75) is 36.7 Å². The third-order valence-corrected chi connectivity index (χ3v) is 7.52. The first kappa shape index (κ1) is 23.1. The Kier molecular flexibility index (Phi) is 7.20. The van der Waals surface area contributed by atoms with Crippen LogP contribution >= 0.6 is 11.6 Å². The van der Waals surface area contributed by atoms with Gasteiger partial charge in [0.05, 0.1) is 16.7 Å². The molecule has 4 rings (SSSR count). The van der Waals surface area contributed by atoms with E-state index in [1.54, 1.807) is 54.6 Å². The number of hydrogen-bond acceptors (Lipinski definition) is 4. The molecule has 0 bridgehead atoms. The number of anilines is 2. The summed E-state index contributed by atoms with van der Waals surface area (Å²) in [5.74, 6) is 0.295. The summed E-state index contributed by atoms with van der Waals surface area (Å²) in [4.78, 5) is 12.9. The molecule has 33 heavy (non-hydrogen) atoms. The molecule has 1 N–H and O–H groups in total. The van der Waals surface area contributed by atoms with Crippen LogP contribution in [0.1, 0.15) is 25.7 Å². The highest BCUT2D eigenvalue weighted by atomic mass is 35.5. The molecule has 1 saturated carbocycles. The van der Waals surface area contributed by atoms with E-state index < -0.39 is 15.9 Å². The van der Waals surface area contributed by atoms with E-state index in [2.05, 4.69) is 5.32 Å². The lowest BCUT2D eigenvalue weighted by Crippen LogP contribution is -2.38. The van der Waals surface area contributed by atoms with Crippen LogP contribution in [0.2, 0.25) is 5.02 Å². The SMILES string of the molecule is O=C(CN(c1ccc(Cl)cc1)S(=O)(=O)c1ccccc1)Nc1ccc(OC2CCCC2)cc1. The summed E-state index contributed by atoms with van der Waals surface area (Å²) in [5.41, 5.74) is 0.908. The molecule has 3 aromatic carbocycles. The molecule has 0 atom stereocenters. The Morgan fingerprint density at radius 3 is 2.21 bits per heavy atom. The molecule has 0 aliphatic heterocycles. The summed E-state index contributed by atoms with van der Waals surface area (Å²) in [5, 5.41) is 3.24. The zero-order valence-corrected chi connectivity index (χ0v) is 19.6. The van der Waals surface area contributed by atoms with Gasteiger partial charge in [0.2, 0.25) is 5.91 Å². The van der Waals surface area contributed by atoms with E-state index in [9.17, 15) is 13.2 Å². The average molecular weight is 485 g/mol. The Balaban J connectivity index is 1.50. The quantitative estimate of drug-likeness (QED) is 0.458. The van der Waals surface area contributed by atoms with Gasteiger partial charge in [-0.1, -0.05) is 29.8 Å². The van der Waals surface area contributed by atoms with E-state index in [4.69, 9.17) is 16.3 Å². The number of rotatable bonds is 8. The minimum absolute atomic E-state index is 0.0983. The zero-order valence-electron chi connectivity index (χ0n) is 18.0. The number of nitrogens with one attached hydrogen (secondary N) is 1. The van der Waals surface area contributed by atoms with Gasteiger partial charge >= 0.3 is 0 Å². The number of carbonyl (C=O) groups is 1. The van der Waals surface area contributed by atoms with Crippen LogP contribution in [0, 0.1) is 0 Å². The molecule has 0 unspecified atom stereocenters. The maximum atomic E-state index is 13.3. The minimum atomic E-state index is -3.97. The van der Waals surface area contributed by atoms with Gasteiger partial charge in [-0.15, -0.1) is 0 Å². The normalized spacial score (nSPS) is 14.1. The van der Waals surface area contributed by atoms with Gasteiger partial charge in [-0.3, -0.25) is 9.10 Å². The van der Waals surface area contributed by atoms with E-state index in [1.165, 1.54) is 25.0 Å². The van der Waals surface area contributed by atoms with Crippen molar-refractivity contribution in [1.29, 1.82) is 0 Å². The van der Waals surface area contributed by atoms with E-state index in [1.807, 2.05) is 12.1 Å². The Hall–Kier alpha value is -3.03. The van der Waals surface area contributed by atoms with Crippen molar-refractivity contribution in [2.75, 3.05) is 16.2 Å². The Bertz CT molecular complexity index is 1180. The average Bonchev–Trinajstić information content (AvgIpc) is 3.33. The summed E-state index contributed by atoms with van der Waals surface area (Å²) in [6.07, 6.45) is 4.76. The number of carbonyl (C=O) groups excluding carboxylic acids is 1. The highest BCUT2D eigenvalue weighted by Gasteiger charge is 2.27. The van der Waals surface area contributed by atoms with Gasteiger partial charge in [-0.2, -0.15) is 0 Å². The van der Waals surface area contributed by atoms with Crippen molar-refractivity contribution in [2.24, 2.45) is 0 Å². The number of benzene rings is 3. The largest absolute Gasteiger partial charge is 0.490 e. The molecular weight excluding hydrogens is 460 g/mol. The fourth-order valence-corrected chi connectivity index (χ4v) is 5.36. The summed E-state index contributed by atoms with van der Waals surface area (Å²) in [7, 11) is -3.97. The molecule has 0 aromatic heterocycles. The fourth-order valence-electron chi connectivity index (χ4n) is 3.79. The third kappa shape index (κ3) is 5.86. The fraction of sp³-hybridized carbons (Fsp3) is 0.240. The van der Waals surface area contributed by atoms with Gasteiger partial charge in [0.15, 0.2) is 0 Å². The van der Waals surface area contributed by atoms with E-state index in [0.717, 1.165) is 22.9 Å². The standard InChI is InChI=1S/C25H25ClN2O4S/c26-19-10-14-21(15-11-19)28(33(30,31)24-8-2-1-3-9-24)18-25(29)27-20-12-16-23(17-13-20)32-22-6-4-5-7-22/h1-3,8-17,22H,4-7,18H2,(H,27,29). The first-order valence-electron chi connectivity index (χ1n) is 10.8. The second-order valence-corrected chi connectivity index (χ2v) is 10.2. The highest BCUT2D eigenvalue weighted by molar-refractivity contribution is 7.92. The van der Waals surface area contributed by atoms with Crippen LogP contribution in [0.4, 0.5) is 11.4 Å². The molecule has 1 amide bonds. The van der Waals surface area contributed by atoms with Crippen LogP contribution in [0.25, 0.3) is 0 Å². The lowest BCUT2D eigenvalue weighted by molar-refractivity contribution is -0.114. The summed E-state index contributed by atoms with van der Waals surface area (Å²) in [6, 6.07) is 21.5. The van der Waals surface area contributed by atoms with Crippen molar-refractivity contribution in [3.05, 3.63) is 83.9 Å². The molecule has 1 aliphatic rings. The lowest BCUT2D eigenvalue weighted by atomic mass is 10.2. The number of sulfonamides is 1. The van der Waals surface area contributed by atoms with Gasteiger partial charge in [0, 0.05) is 10.7 Å². The van der Waals surface area contributed by atoms with E-state index >= 15 is 0 Å². The predicted octanol–water partition coefficient (Wildman–Crippen LogP) is 5.50. The van der Waals surface area contributed by atoms with E-state index in [0.29, 0.717) is 16.4 Å². The first-order valence-corrected chi connectivity index (χ1v) is 12.6. The molecule has 0 saturated heterocycles. The summed E-state index contributed by atoms with van der Waals surface area (Å²) < 4.78 is 33.6. The van der Waals surface area contributed by atoms with Gasteiger partial charge in [-0.25, -0.2) is 8.42 Å². The van der Waals surface area contributed by atoms with Gasteiger partial charge in [-0.05, 0) is 86.3 Å². The molecule has 0 spiro atoms. The molecule has 1 fully saturated rings. The van der Waals surface area contributed by atoms with Gasteiger partial charge in [0.25, 0.3) is 10.0 Å². The van der Waals surface area contributed by atoms with Crippen molar-refractivity contribution in [1.82, 2.24) is 0 Å². The topological polar surface area (TPSA) is 75.7 Å². The molecule has 0 radical (unpaired) electrons. The van der Waals surface area contributed by atoms with Gasteiger partial charge in [0.1, 0.15) is 12.3 Å². The lowest BCUT2D eigenvalue weighted by Gasteiger charge is -2.24. The predicted molar refractivity (Wildman–Crippen MR) is 130 cm³/mol. The minimum Gasteiger partial charge on any atom is -0.490 e. The number of nitrogens with zero attached hydrogens (tertiary/aromatic N) is 1. The molecule has 0 heterocycles. The van der Waals surface area contributed by atoms with Crippen LogP contribution in [-0.2, 0) is 14.8 Å². The molecule has 3 aromatic rings. The first-order chi connectivity index (χ1) is 15.9. The van der Waals surface area contributed by atoms with Crippen molar-refractivity contribution >= 4 is 38.9 Å². The van der Waals surface area contributed by atoms with Crippen molar-refractivity contribution in [3.8, 4) is 5.75 Å². The second kappa shape index (κ2) is 10.3. The van der Waals surface area contributed by atoms with E-state index in [-0.39, 0.29) is 17.5 Å². The maximum absolute atomic E-state index is 13.3. The second-order valence-electron chi connectivity index (χ2n) is 7.90. The third-order valence-electron chi connectivity index (χ3n) is 5.48. The van der Waals surface area contributed by atoms with Crippen LogP contribution < -0.4 is 14.4 Å². The maximum Gasteiger partial charge on any atom is 0.264 e. The zero-order chi connectivity index (χ0) is 23.3. The number of ether oxygens (including phenoxy) is 1. The monoisotopic (exact) mass is 484 g/mol. The number of halogens is 1. The summed E-state index contributed by atoms with van der Waals surface area (Å²) in [6.45, 7) is -0.390. The Morgan fingerprint density at radius 2 is 1.58 bits per heavy atom. The highest BCUT2D eigenvalue weighted by Crippen LogP contribution is 2.27. The van der Waals surface area contributed by atoms with Crippen molar-refractivity contribution in [3.63, 3.8) is 0 Å². The molecular formula is C25H25ClN2O4S. The molecule has 6 nitrogen and oxygen atoms in total. The van der Waals surface area contributed by atoms with Crippen LogP contribution in [0.5, 0.6) is 5.75 Å². The van der Waals surface area contributed by atoms with Crippen LogP contribution in [0.3, 0.4) is 0 Å². The Labute approximate surface area is 199 Å². The summed E-state index contributed by atoms with van der Waals surface area (Å²) >= 11 is 5.97. The number of hydrogen-bond donors (Lipinski definition) is 1. The molecule has 1 aliphatic carbocycles. The van der Waals surface area contributed by atoms with Crippen molar-refractivity contribution < 1.29 is 17.9 Å². The Morgan fingerprint density at radius 1 is 0.939 bits per heavy atom. The van der Waals surface area contributed by atoms with Crippen LogP contribution in [-0.4, -0.2) is 27.0 Å². The van der Waals surface area contributed by atoms with Gasteiger partial charge < -0.3 is 10.1 Å². The number of amides is 1.